The highest BCUT2D eigenvalue weighted by Gasteiger charge is 2.23. The molecule has 7 heteroatoms. The van der Waals surface area contributed by atoms with Gasteiger partial charge in [0.25, 0.3) is 0 Å². The van der Waals surface area contributed by atoms with Gasteiger partial charge >= 0.3 is 0 Å². The second-order valence-electron chi connectivity index (χ2n) is 6.38. The second kappa shape index (κ2) is 5.26. The van der Waals surface area contributed by atoms with Crippen molar-refractivity contribution in [2.24, 2.45) is 0 Å². The molecular weight excluding hydrogens is 300 g/mol. The molecule has 0 saturated carbocycles. The van der Waals surface area contributed by atoms with Gasteiger partial charge in [-0.3, -0.25) is 0 Å². The number of nitrogens with zero attached hydrogens (tertiary/aromatic N) is 4. The molecule has 0 fully saturated rings. The predicted octanol–water partition coefficient (Wildman–Crippen LogP) is 3.03. The van der Waals surface area contributed by atoms with Crippen LogP contribution in [0.1, 0.15) is 32.0 Å². The van der Waals surface area contributed by atoms with Gasteiger partial charge in [-0.05, 0) is 32.4 Å². The van der Waals surface area contributed by atoms with E-state index in [4.69, 9.17) is 5.73 Å². The molecule has 0 aliphatic rings. The molecule has 120 valence electrons. The van der Waals surface area contributed by atoms with Crippen LogP contribution in [0, 0.1) is 11.6 Å². The summed E-state index contributed by atoms with van der Waals surface area (Å²) < 4.78 is 29.1. The number of aromatic nitrogens is 4. The number of benzene rings is 1. The molecule has 23 heavy (non-hydrogen) atoms. The van der Waals surface area contributed by atoms with Crippen molar-refractivity contribution in [3.8, 4) is 0 Å². The van der Waals surface area contributed by atoms with E-state index >= 15 is 0 Å². The molecule has 3 aromatic rings. The van der Waals surface area contributed by atoms with Crippen LogP contribution in [0.5, 0.6) is 0 Å². The molecule has 2 heterocycles. The minimum Gasteiger partial charge on any atom is -0.383 e. The van der Waals surface area contributed by atoms with Gasteiger partial charge in [-0.25, -0.2) is 23.4 Å². The Hall–Kier alpha value is -2.57. The minimum atomic E-state index is -0.883. The van der Waals surface area contributed by atoms with E-state index < -0.39 is 11.6 Å². The van der Waals surface area contributed by atoms with E-state index in [0.29, 0.717) is 16.7 Å². The Bertz CT molecular complexity index is 880. The third-order valence-electron chi connectivity index (χ3n) is 3.59. The van der Waals surface area contributed by atoms with Gasteiger partial charge in [0.05, 0.1) is 16.6 Å². The van der Waals surface area contributed by atoms with E-state index in [-0.39, 0.29) is 23.3 Å². The average Bonchev–Trinajstić information content (AvgIpc) is 2.84. The minimum absolute atomic E-state index is 0.112. The smallest absolute Gasteiger partial charge is 0.164 e. The topological polar surface area (TPSA) is 69.6 Å². The van der Waals surface area contributed by atoms with Gasteiger partial charge in [-0.2, -0.15) is 5.10 Å². The Labute approximate surface area is 132 Å². The highest BCUT2D eigenvalue weighted by molar-refractivity contribution is 5.88. The number of hydrogen-bond acceptors (Lipinski definition) is 4. The maximum atomic E-state index is 14.0. The van der Waals surface area contributed by atoms with Crippen molar-refractivity contribution in [2.75, 3.05) is 5.73 Å². The maximum Gasteiger partial charge on any atom is 0.164 e. The highest BCUT2D eigenvalue weighted by atomic mass is 19.2. The quantitative estimate of drug-likeness (QED) is 0.789. The first-order valence-corrected chi connectivity index (χ1v) is 7.20. The number of nitrogen functional groups attached to an aromatic ring is 1. The lowest BCUT2D eigenvalue weighted by atomic mass is 10.1. The van der Waals surface area contributed by atoms with Gasteiger partial charge in [0.15, 0.2) is 17.3 Å². The van der Waals surface area contributed by atoms with E-state index in [1.54, 1.807) is 4.68 Å². The van der Waals surface area contributed by atoms with Crippen LogP contribution in [-0.2, 0) is 12.0 Å². The van der Waals surface area contributed by atoms with E-state index in [1.165, 1.54) is 18.5 Å². The fourth-order valence-corrected chi connectivity index (χ4v) is 2.50. The Morgan fingerprint density at radius 1 is 1.17 bits per heavy atom. The van der Waals surface area contributed by atoms with Crippen molar-refractivity contribution in [1.82, 2.24) is 19.7 Å². The molecule has 0 radical (unpaired) electrons. The third kappa shape index (κ3) is 2.62. The van der Waals surface area contributed by atoms with E-state index in [0.717, 1.165) is 6.07 Å². The standard InChI is InChI=1S/C16H17F2N5/c1-16(2,3)23-15-12(14(19)20-8-21-15)11(22-23)7-9-5-4-6-10(17)13(9)18/h4-6,8H,7H2,1-3H3,(H2,19,20,21). The zero-order chi connectivity index (χ0) is 16.8. The maximum absolute atomic E-state index is 14.0. The Kier molecular flexibility index (Phi) is 3.50. The number of anilines is 1. The summed E-state index contributed by atoms with van der Waals surface area (Å²) in [6.45, 7) is 5.93. The SMILES string of the molecule is CC(C)(C)n1nc(Cc2cccc(F)c2F)c2c(N)ncnc21. The highest BCUT2D eigenvalue weighted by Crippen LogP contribution is 2.28. The second-order valence-corrected chi connectivity index (χ2v) is 6.38. The van der Waals surface area contributed by atoms with E-state index in [2.05, 4.69) is 15.1 Å². The number of rotatable bonds is 2. The van der Waals surface area contributed by atoms with Crippen molar-refractivity contribution in [3.63, 3.8) is 0 Å². The van der Waals surface area contributed by atoms with Gasteiger partial charge < -0.3 is 5.73 Å². The summed E-state index contributed by atoms with van der Waals surface area (Å²) in [6.07, 6.45) is 1.48. The van der Waals surface area contributed by atoms with Crippen LogP contribution in [0.4, 0.5) is 14.6 Å². The molecule has 0 bridgehead atoms. The first kappa shape index (κ1) is 15.3. The number of halogens is 2. The number of fused-ring (bicyclic) bond motifs is 1. The summed E-state index contributed by atoms with van der Waals surface area (Å²) in [5.74, 6) is -1.48. The predicted molar refractivity (Wildman–Crippen MR) is 83.9 cm³/mol. The van der Waals surface area contributed by atoms with Gasteiger partial charge in [-0.15, -0.1) is 0 Å². The molecule has 0 aliphatic carbocycles. The zero-order valence-electron chi connectivity index (χ0n) is 13.1. The van der Waals surface area contributed by atoms with Crippen molar-refractivity contribution < 1.29 is 8.78 Å². The number of hydrogen-bond donors (Lipinski definition) is 1. The van der Waals surface area contributed by atoms with Crippen molar-refractivity contribution in [3.05, 3.63) is 47.4 Å². The fraction of sp³-hybridized carbons (Fsp3) is 0.312. The molecule has 2 N–H and O–H groups in total. The molecule has 0 unspecified atom stereocenters. The molecule has 0 aliphatic heterocycles. The Balaban J connectivity index is 2.20. The summed E-state index contributed by atoms with van der Waals surface area (Å²) in [7, 11) is 0. The monoisotopic (exact) mass is 317 g/mol. The van der Waals surface area contributed by atoms with E-state index in [9.17, 15) is 8.78 Å². The summed E-state index contributed by atoms with van der Waals surface area (Å²) in [4.78, 5) is 8.24. The summed E-state index contributed by atoms with van der Waals surface area (Å²) in [5, 5.41) is 5.11. The zero-order valence-corrected chi connectivity index (χ0v) is 13.1. The summed E-state index contributed by atoms with van der Waals surface area (Å²) >= 11 is 0. The molecule has 3 rings (SSSR count). The van der Waals surface area contributed by atoms with Gasteiger partial charge in [0.1, 0.15) is 12.1 Å². The van der Waals surface area contributed by atoms with Crippen LogP contribution in [0.25, 0.3) is 11.0 Å². The lowest BCUT2D eigenvalue weighted by Gasteiger charge is -2.19. The summed E-state index contributed by atoms with van der Waals surface area (Å²) in [5.41, 5.74) is 6.95. The van der Waals surface area contributed by atoms with Crippen molar-refractivity contribution >= 4 is 16.9 Å². The van der Waals surface area contributed by atoms with E-state index in [1.807, 2.05) is 20.8 Å². The van der Waals surface area contributed by atoms with Crippen LogP contribution < -0.4 is 5.73 Å². The lowest BCUT2D eigenvalue weighted by Crippen LogP contribution is -2.23. The molecule has 0 spiro atoms. The van der Waals surface area contributed by atoms with Crippen LogP contribution in [0.3, 0.4) is 0 Å². The van der Waals surface area contributed by atoms with Gasteiger partial charge in [-0.1, -0.05) is 12.1 Å². The van der Waals surface area contributed by atoms with Gasteiger partial charge in [0, 0.05) is 6.42 Å². The largest absolute Gasteiger partial charge is 0.383 e. The lowest BCUT2D eigenvalue weighted by molar-refractivity contribution is 0.363. The van der Waals surface area contributed by atoms with Crippen LogP contribution >= 0.6 is 0 Å². The molecule has 0 amide bonds. The Morgan fingerprint density at radius 3 is 2.61 bits per heavy atom. The average molecular weight is 317 g/mol. The molecule has 2 aromatic heterocycles. The molecule has 0 atom stereocenters. The Morgan fingerprint density at radius 2 is 1.91 bits per heavy atom. The first-order valence-electron chi connectivity index (χ1n) is 7.20. The first-order chi connectivity index (χ1) is 10.8. The fourth-order valence-electron chi connectivity index (χ4n) is 2.50. The summed E-state index contributed by atoms with van der Waals surface area (Å²) in [6, 6.07) is 4.08. The van der Waals surface area contributed by atoms with Crippen molar-refractivity contribution in [2.45, 2.75) is 32.7 Å². The molecular formula is C16H17F2N5. The van der Waals surface area contributed by atoms with Crippen LogP contribution in [-0.4, -0.2) is 19.7 Å². The van der Waals surface area contributed by atoms with Crippen LogP contribution in [0.2, 0.25) is 0 Å². The molecule has 0 saturated heterocycles. The molecule has 5 nitrogen and oxygen atoms in total. The molecule has 1 aromatic carbocycles. The third-order valence-corrected chi connectivity index (χ3v) is 3.59. The van der Waals surface area contributed by atoms with Crippen LogP contribution in [0.15, 0.2) is 24.5 Å². The van der Waals surface area contributed by atoms with Gasteiger partial charge in [0.2, 0.25) is 0 Å². The van der Waals surface area contributed by atoms with Crippen molar-refractivity contribution in [1.29, 1.82) is 0 Å². The number of nitrogens with two attached hydrogens (primary N) is 1. The normalized spacial score (nSPS) is 12.0.